The van der Waals surface area contributed by atoms with Gasteiger partial charge in [0.15, 0.2) is 0 Å². The van der Waals surface area contributed by atoms with E-state index in [0.717, 1.165) is 6.54 Å². The van der Waals surface area contributed by atoms with Crippen molar-refractivity contribution in [1.82, 2.24) is 10.2 Å². The zero-order valence-corrected chi connectivity index (χ0v) is 11.5. The van der Waals surface area contributed by atoms with Crippen molar-refractivity contribution in [1.29, 1.82) is 0 Å². The standard InChI is InChI=1S/C13H30N2/c1-7-8-9-12(4)14-10-13(11(2)3)15(5)6/h11-14H,7-10H2,1-6H3. The maximum absolute atomic E-state index is 3.64. The van der Waals surface area contributed by atoms with Crippen molar-refractivity contribution in [3.05, 3.63) is 0 Å². The van der Waals surface area contributed by atoms with Crippen LogP contribution in [0.15, 0.2) is 0 Å². The van der Waals surface area contributed by atoms with Crippen LogP contribution in [0.5, 0.6) is 0 Å². The number of nitrogens with zero attached hydrogens (tertiary/aromatic N) is 1. The third-order valence-corrected chi connectivity index (χ3v) is 3.10. The summed E-state index contributed by atoms with van der Waals surface area (Å²) in [5, 5.41) is 3.64. The number of hydrogen-bond donors (Lipinski definition) is 1. The van der Waals surface area contributed by atoms with Crippen molar-refractivity contribution in [2.24, 2.45) is 5.92 Å². The molecule has 2 nitrogen and oxygen atoms in total. The van der Waals surface area contributed by atoms with Gasteiger partial charge in [-0.05, 0) is 33.4 Å². The maximum Gasteiger partial charge on any atom is 0.0237 e. The molecule has 2 atom stereocenters. The molecule has 0 aromatic carbocycles. The summed E-state index contributed by atoms with van der Waals surface area (Å²) < 4.78 is 0. The van der Waals surface area contributed by atoms with Crippen LogP contribution in [0.4, 0.5) is 0 Å². The molecule has 0 fully saturated rings. The van der Waals surface area contributed by atoms with Crippen molar-refractivity contribution in [2.75, 3.05) is 20.6 Å². The van der Waals surface area contributed by atoms with Gasteiger partial charge in [0.2, 0.25) is 0 Å². The Hall–Kier alpha value is -0.0800. The molecule has 2 heteroatoms. The van der Waals surface area contributed by atoms with Gasteiger partial charge >= 0.3 is 0 Å². The molecule has 0 aromatic heterocycles. The summed E-state index contributed by atoms with van der Waals surface area (Å²) in [5.41, 5.74) is 0. The van der Waals surface area contributed by atoms with Gasteiger partial charge in [-0.15, -0.1) is 0 Å². The molecule has 0 heterocycles. The lowest BCUT2D eigenvalue weighted by molar-refractivity contribution is 0.218. The van der Waals surface area contributed by atoms with Crippen molar-refractivity contribution in [3.8, 4) is 0 Å². The Kier molecular flexibility index (Phi) is 8.07. The van der Waals surface area contributed by atoms with E-state index in [4.69, 9.17) is 0 Å². The highest BCUT2D eigenvalue weighted by molar-refractivity contribution is 4.74. The number of hydrogen-bond acceptors (Lipinski definition) is 2. The van der Waals surface area contributed by atoms with E-state index in [1.165, 1.54) is 19.3 Å². The Morgan fingerprint density at radius 3 is 2.13 bits per heavy atom. The van der Waals surface area contributed by atoms with Gasteiger partial charge in [-0.1, -0.05) is 33.6 Å². The van der Waals surface area contributed by atoms with E-state index in [2.05, 4.69) is 52.0 Å². The Balaban J connectivity index is 3.78. The second-order valence-electron chi connectivity index (χ2n) is 5.23. The van der Waals surface area contributed by atoms with Crippen molar-refractivity contribution < 1.29 is 0 Å². The molecular weight excluding hydrogens is 184 g/mol. The molecule has 0 saturated carbocycles. The first-order chi connectivity index (χ1) is 6.99. The molecule has 0 rings (SSSR count). The van der Waals surface area contributed by atoms with Crippen LogP contribution in [0.1, 0.15) is 47.0 Å². The average Bonchev–Trinajstić information content (AvgIpc) is 2.13. The minimum Gasteiger partial charge on any atom is -0.313 e. The van der Waals surface area contributed by atoms with Crippen LogP contribution in [-0.4, -0.2) is 37.6 Å². The van der Waals surface area contributed by atoms with E-state index in [1.807, 2.05) is 0 Å². The Morgan fingerprint density at radius 2 is 1.73 bits per heavy atom. The second-order valence-corrected chi connectivity index (χ2v) is 5.23. The fourth-order valence-electron chi connectivity index (χ4n) is 1.95. The monoisotopic (exact) mass is 214 g/mol. The summed E-state index contributed by atoms with van der Waals surface area (Å²) in [6.45, 7) is 10.2. The molecule has 0 amide bonds. The third-order valence-electron chi connectivity index (χ3n) is 3.10. The highest BCUT2D eigenvalue weighted by atomic mass is 15.1. The van der Waals surface area contributed by atoms with Crippen LogP contribution in [0.3, 0.4) is 0 Å². The predicted molar refractivity (Wildman–Crippen MR) is 69.3 cm³/mol. The summed E-state index contributed by atoms with van der Waals surface area (Å²) in [5.74, 6) is 0.714. The predicted octanol–water partition coefficient (Wildman–Crippen LogP) is 2.74. The van der Waals surface area contributed by atoms with Gasteiger partial charge in [0.1, 0.15) is 0 Å². The van der Waals surface area contributed by atoms with Gasteiger partial charge in [-0.3, -0.25) is 0 Å². The molecule has 0 aliphatic rings. The van der Waals surface area contributed by atoms with E-state index in [1.54, 1.807) is 0 Å². The van der Waals surface area contributed by atoms with Gasteiger partial charge in [0.25, 0.3) is 0 Å². The zero-order valence-electron chi connectivity index (χ0n) is 11.5. The summed E-state index contributed by atoms with van der Waals surface area (Å²) in [7, 11) is 4.34. The fourth-order valence-corrected chi connectivity index (χ4v) is 1.95. The minimum atomic E-state index is 0.647. The lowest BCUT2D eigenvalue weighted by Crippen LogP contribution is -2.44. The van der Waals surface area contributed by atoms with Gasteiger partial charge in [0.05, 0.1) is 0 Å². The molecule has 0 saturated heterocycles. The molecule has 0 aliphatic carbocycles. The second kappa shape index (κ2) is 8.12. The highest BCUT2D eigenvalue weighted by Crippen LogP contribution is 2.07. The zero-order chi connectivity index (χ0) is 11.8. The Morgan fingerprint density at radius 1 is 1.13 bits per heavy atom. The van der Waals surface area contributed by atoms with E-state index < -0.39 is 0 Å². The normalized spacial score (nSPS) is 16.0. The number of nitrogens with one attached hydrogen (secondary N) is 1. The summed E-state index contributed by atoms with van der Waals surface area (Å²) in [4.78, 5) is 2.32. The van der Waals surface area contributed by atoms with Crippen molar-refractivity contribution >= 4 is 0 Å². The smallest absolute Gasteiger partial charge is 0.0237 e. The maximum atomic E-state index is 3.64. The molecule has 0 radical (unpaired) electrons. The van der Waals surface area contributed by atoms with Crippen LogP contribution in [0.25, 0.3) is 0 Å². The van der Waals surface area contributed by atoms with Crippen LogP contribution >= 0.6 is 0 Å². The van der Waals surface area contributed by atoms with Crippen molar-refractivity contribution in [2.45, 2.75) is 59.0 Å². The lowest BCUT2D eigenvalue weighted by atomic mass is 10.0. The molecule has 15 heavy (non-hydrogen) atoms. The number of likely N-dealkylation sites (N-methyl/N-ethyl adjacent to an activating group) is 1. The first-order valence-corrected chi connectivity index (χ1v) is 6.38. The van der Waals surface area contributed by atoms with E-state index in [9.17, 15) is 0 Å². The molecule has 0 aliphatic heterocycles. The van der Waals surface area contributed by atoms with Crippen LogP contribution in [0, 0.1) is 5.92 Å². The first kappa shape index (κ1) is 14.9. The van der Waals surface area contributed by atoms with E-state index in [-0.39, 0.29) is 0 Å². The molecule has 0 spiro atoms. The van der Waals surface area contributed by atoms with Crippen LogP contribution in [0.2, 0.25) is 0 Å². The van der Waals surface area contributed by atoms with Gasteiger partial charge in [0, 0.05) is 18.6 Å². The summed E-state index contributed by atoms with van der Waals surface area (Å²) >= 11 is 0. The van der Waals surface area contributed by atoms with Gasteiger partial charge < -0.3 is 10.2 Å². The largest absolute Gasteiger partial charge is 0.313 e. The first-order valence-electron chi connectivity index (χ1n) is 6.38. The Labute approximate surface area is 96.4 Å². The number of rotatable bonds is 8. The quantitative estimate of drug-likeness (QED) is 0.668. The minimum absolute atomic E-state index is 0.647. The molecule has 1 N–H and O–H groups in total. The summed E-state index contributed by atoms with van der Waals surface area (Å²) in [6.07, 6.45) is 3.94. The van der Waals surface area contributed by atoms with Gasteiger partial charge in [-0.25, -0.2) is 0 Å². The summed E-state index contributed by atoms with van der Waals surface area (Å²) in [6, 6.07) is 1.31. The highest BCUT2D eigenvalue weighted by Gasteiger charge is 2.15. The average molecular weight is 214 g/mol. The molecular formula is C13H30N2. The lowest BCUT2D eigenvalue weighted by Gasteiger charge is -2.29. The number of unbranched alkanes of at least 4 members (excludes halogenated alkanes) is 1. The topological polar surface area (TPSA) is 15.3 Å². The fraction of sp³-hybridized carbons (Fsp3) is 1.00. The molecule has 0 aromatic rings. The third kappa shape index (κ3) is 6.91. The van der Waals surface area contributed by atoms with Crippen molar-refractivity contribution in [3.63, 3.8) is 0 Å². The van der Waals surface area contributed by atoms with E-state index in [0.29, 0.717) is 18.0 Å². The van der Waals surface area contributed by atoms with E-state index >= 15 is 0 Å². The SMILES string of the molecule is CCCCC(C)NCC(C(C)C)N(C)C. The molecule has 92 valence electrons. The Bertz CT molecular complexity index is 135. The van der Waals surface area contributed by atoms with Crippen LogP contribution in [-0.2, 0) is 0 Å². The van der Waals surface area contributed by atoms with Crippen LogP contribution < -0.4 is 5.32 Å². The molecule has 0 bridgehead atoms. The molecule has 2 unspecified atom stereocenters. The van der Waals surface area contributed by atoms with Gasteiger partial charge in [-0.2, -0.15) is 0 Å².